The van der Waals surface area contributed by atoms with Crippen LogP contribution in [0.15, 0.2) is 54.6 Å². The van der Waals surface area contributed by atoms with E-state index in [0.29, 0.717) is 6.54 Å². The second-order valence-electron chi connectivity index (χ2n) is 6.35. The Hall–Kier alpha value is -1.91. The Morgan fingerprint density at radius 3 is 2.58 bits per heavy atom. The Bertz CT molecular complexity index is 660. The van der Waals surface area contributed by atoms with E-state index >= 15 is 0 Å². The van der Waals surface area contributed by atoms with Crippen LogP contribution in [0, 0.1) is 0 Å². The molecular weight excluding hydrogens is 305 g/mol. The first-order chi connectivity index (χ1) is 11.6. The third kappa shape index (κ3) is 4.13. The van der Waals surface area contributed by atoms with Gasteiger partial charge in [-0.15, -0.1) is 0 Å². The number of aliphatic hydroxyl groups is 1. The molecule has 24 heavy (non-hydrogen) atoms. The third-order valence-corrected chi connectivity index (χ3v) is 4.51. The van der Waals surface area contributed by atoms with Crippen LogP contribution in [0.3, 0.4) is 0 Å². The number of alkyl halides is 1. The number of hydrogen-bond donors (Lipinski definition) is 1. The summed E-state index contributed by atoms with van der Waals surface area (Å²) in [7, 11) is 0. The molecule has 2 aromatic carbocycles. The molecule has 0 saturated carbocycles. The Kier molecular flexibility index (Phi) is 5.17. The van der Waals surface area contributed by atoms with Crippen molar-refractivity contribution in [1.29, 1.82) is 0 Å². The molecule has 3 rings (SSSR count). The van der Waals surface area contributed by atoms with Crippen molar-refractivity contribution in [2.75, 3.05) is 13.1 Å². The molecule has 1 saturated heterocycles. The van der Waals surface area contributed by atoms with E-state index in [4.69, 9.17) is 4.74 Å². The number of hydrogen-bond acceptors (Lipinski definition) is 3. The van der Waals surface area contributed by atoms with Gasteiger partial charge in [-0.1, -0.05) is 55.5 Å². The highest BCUT2D eigenvalue weighted by Crippen LogP contribution is 2.31. The lowest BCUT2D eigenvalue weighted by atomic mass is 10.0. The van der Waals surface area contributed by atoms with Gasteiger partial charge in [0.1, 0.15) is 5.75 Å². The highest BCUT2D eigenvalue weighted by molar-refractivity contribution is 5.34. The number of para-hydroxylation sites is 1. The molecule has 0 amide bonds. The highest BCUT2D eigenvalue weighted by atomic mass is 19.2. The van der Waals surface area contributed by atoms with Crippen molar-refractivity contribution in [1.82, 2.24) is 4.90 Å². The fourth-order valence-corrected chi connectivity index (χ4v) is 3.20. The van der Waals surface area contributed by atoms with Crippen LogP contribution in [-0.4, -0.2) is 35.2 Å². The van der Waals surface area contributed by atoms with E-state index in [0.717, 1.165) is 24.2 Å². The number of likely N-dealkylation sites (tertiary alicyclic amines) is 1. The molecule has 2 aromatic rings. The third-order valence-electron chi connectivity index (χ3n) is 4.51. The van der Waals surface area contributed by atoms with Crippen LogP contribution in [0.2, 0.25) is 0 Å². The molecule has 4 heteroatoms. The zero-order valence-electron chi connectivity index (χ0n) is 14.0. The highest BCUT2D eigenvalue weighted by Gasteiger charge is 2.43. The molecule has 128 valence electrons. The summed E-state index contributed by atoms with van der Waals surface area (Å²) in [4.78, 5) is 1.83. The lowest BCUT2D eigenvalue weighted by Gasteiger charge is -2.24. The van der Waals surface area contributed by atoms with Crippen molar-refractivity contribution in [2.45, 2.75) is 38.3 Å². The smallest absolute Gasteiger partial charge is 0.224 e. The van der Waals surface area contributed by atoms with E-state index in [1.54, 1.807) is 0 Å². The van der Waals surface area contributed by atoms with Gasteiger partial charge in [-0.3, -0.25) is 4.90 Å². The summed E-state index contributed by atoms with van der Waals surface area (Å²) >= 11 is 0. The van der Waals surface area contributed by atoms with Gasteiger partial charge < -0.3 is 9.84 Å². The first-order valence-corrected chi connectivity index (χ1v) is 8.51. The maximum atomic E-state index is 13.9. The lowest BCUT2D eigenvalue weighted by molar-refractivity contribution is -0.0777. The van der Waals surface area contributed by atoms with Crippen molar-refractivity contribution in [2.24, 2.45) is 0 Å². The Labute approximate surface area is 142 Å². The van der Waals surface area contributed by atoms with Gasteiger partial charge in [0.25, 0.3) is 0 Å². The first kappa shape index (κ1) is 16.9. The second kappa shape index (κ2) is 7.32. The van der Waals surface area contributed by atoms with Crippen LogP contribution >= 0.6 is 0 Å². The standard InChI is InChI=1S/C20H24FNO2/c1-2-22-15-20(21,23)14-19(22)24-18-11-7-6-10-17(18)13-12-16-8-4-3-5-9-16/h3-11,19,23H,2,12-15H2,1H3. The molecule has 3 nitrogen and oxygen atoms in total. The van der Waals surface area contributed by atoms with Crippen LogP contribution in [-0.2, 0) is 12.8 Å². The van der Waals surface area contributed by atoms with Crippen LogP contribution in [0.1, 0.15) is 24.5 Å². The molecule has 1 heterocycles. The number of halogens is 1. The molecule has 1 fully saturated rings. The fourth-order valence-electron chi connectivity index (χ4n) is 3.20. The van der Waals surface area contributed by atoms with Crippen LogP contribution in [0.4, 0.5) is 4.39 Å². The van der Waals surface area contributed by atoms with E-state index in [-0.39, 0.29) is 13.0 Å². The van der Waals surface area contributed by atoms with E-state index in [2.05, 4.69) is 12.1 Å². The minimum absolute atomic E-state index is 0.000346. The average molecular weight is 329 g/mol. The SMILES string of the molecule is CCN1CC(O)(F)CC1Oc1ccccc1CCc1ccccc1. The fraction of sp³-hybridized carbons (Fsp3) is 0.400. The maximum absolute atomic E-state index is 13.9. The van der Waals surface area contributed by atoms with Gasteiger partial charge in [-0.2, -0.15) is 0 Å². The number of β-amino-alcohol motifs (C(OH)–C–C–N with tert-alkyl or cyclic N) is 1. The van der Waals surface area contributed by atoms with Gasteiger partial charge in [-0.05, 0) is 36.6 Å². The largest absolute Gasteiger partial charge is 0.475 e. The number of ether oxygens (including phenoxy) is 1. The van der Waals surface area contributed by atoms with E-state index in [1.165, 1.54) is 5.56 Å². The molecule has 0 radical (unpaired) electrons. The second-order valence-corrected chi connectivity index (χ2v) is 6.35. The van der Waals surface area contributed by atoms with Gasteiger partial charge >= 0.3 is 0 Å². The molecule has 0 aliphatic carbocycles. The maximum Gasteiger partial charge on any atom is 0.224 e. The summed E-state index contributed by atoms with van der Waals surface area (Å²) in [5.74, 6) is -1.39. The number of rotatable bonds is 6. The molecular formula is C20H24FNO2. The Morgan fingerprint density at radius 1 is 1.12 bits per heavy atom. The lowest BCUT2D eigenvalue weighted by Crippen LogP contribution is -2.34. The minimum Gasteiger partial charge on any atom is -0.475 e. The van der Waals surface area contributed by atoms with Crippen molar-refractivity contribution in [3.63, 3.8) is 0 Å². The van der Waals surface area contributed by atoms with E-state index in [9.17, 15) is 9.50 Å². The van der Waals surface area contributed by atoms with Crippen LogP contribution in [0.25, 0.3) is 0 Å². The van der Waals surface area contributed by atoms with Crippen molar-refractivity contribution in [3.8, 4) is 5.75 Å². The van der Waals surface area contributed by atoms with Gasteiger partial charge in [0.15, 0.2) is 6.23 Å². The number of benzene rings is 2. The predicted molar refractivity (Wildman–Crippen MR) is 92.6 cm³/mol. The number of aryl methyl sites for hydroxylation is 2. The summed E-state index contributed by atoms with van der Waals surface area (Å²) < 4.78 is 20.0. The first-order valence-electron chi connectivity index (χ1n) is 8.51. The Morgan fingerprint density at radius 2 is 1.83 bits per heavy atom. The molecule has 1 N–H and O–H groups in total. The van der Waals surface area contributed by atoms with Gasteiger partial charge in [0.05, 0.1) is 13.0 Å². The minimum atomic E-state index is -2.17. The van der Waals surface area contributed by atoms with Crippen LogP contribution < -0.4 is 4.74 Å². The normalized spacial score (nSPS) is 24.2. The van der Waals surface area contributed by atoms with E-state index < -0.39 is 12.1 Å². The summed E-state index contributed by atoms with van der Waals surface area (Å²) in [6.07, 6.45) is 1.34. The van der Waals surface area contributed by atoms with E-state index in [1.807, 2.05) is 54.3 Å². The van der Waals surface area contributed by atoms with Gasteiger partial charge in [0.2, 0.25) is 5.85 Å². The monoisotopic (exact) mass is 329 g/mol. The number of likely N-dealkylation sites (N-methyl/N-ethyl adjacent to an activating group) is 1. The molecule has 0 spiro atoms. The molecule has 1 aliphatic heterocycles. The van der Waals surface area contributed by atoms with Gasteiger partial charge in [0, 0.05) is 0 Å². The molecule has 2 unspecified atom stereocenters. The molecule has 2 atom stereocenters. The topological polar surface area (TPSA) is 32.7 Å². The number of nitrogens with zero attached hydrogens (tertiary/aromatic N) is 1. The molecule has 1 aliphatic rings. The summed E-state index contributed by atoms with van der Waals surface area (Å²) in [6.45, 7) is 2.59. The van der Waals surface area contributed by atoms with Crippen LogP contribution in [0.5, 0.6) is 5.75 Å². The molecule has 0 bridgehead atoms. The predicted octanol–water partition coefficient (Wildman–Crippen LogP) is 3.56. The van der Waals surface area contributed by atoms with Crippen molar-refractivity contribution < 1.29 is 14.2 Å². The van der Waals surface area contributed by atoms with Crippen molar-refractivity contribution >= 4 is 0 Å². The summed E-state index contributed by atoms with van der Waals surface area (Å²) in [5.41, 5.74) is 2.38. The zero-order valence-corrected chi connectivity index (χ0v) is 14.0. The zero-order chi connectivity index (χ0) is 17.0. The average Bonchev–Trinajstić information content (AvgIpc) is 2.89. The summed E-state index contributed by atoms with van der Waals surface area (Å²) in [6, 6.07) is 18.2. The Balaban J connectivity index is 1.70. The molecule has 0 aromatic heterocycles. The van der Waals surface area contributed by atoms with Gasteiger partial charge in [-0.25, -0.2) is 4.39 Å². The quantitative estimate of drug-likeness (QED) is 0.879. The summed E-state index contributed by atoms with van der Waals surface area (Å²) in [5, 5.41) is 9.68. The van der Waals surface area contributed by atoms with Crippen molar-refractivity contribution in [3.05, 3.63) is 65.7 Å².